The molecule has 0 aliphatic rings. The summed E-state index contributed by atoms with van der Waals surface area (Å²) in [6.45, 7) is 4.07. The molecule has 0 fully saturated rings. The zero-order valence-corrected chi connectivity index (χ0v) is 13.1. The van der Waals surface area contributed by atoms with Gasteiger partial charge in [-0.15, -0.1) is 0 Å². The van der Waals surface area contributed by atoms with Gasteiger partial charge in [-0.3, -0.25) is 4.79 Å². The Hall–Kier alpha value is -0.530. The topological polar surface area (TPSA) is 37.3 Å². The Kier molecular flexibility index (Phi) is 13.5. The van der Waals surface area contributed by atoms with Crippen molar-refractivity contribution in [3.8, 4) is 0 Å². The molecule has 0 spiro atoms. The van der Waals surface area contributed by atoms with E-state index in [2.05, 4.69) is 6.92 Å². The average molecular weight is 270 g/mol. The van der Waals surface area contributed by atoms with Gasteiger partial charge in [-0.2, -0.15) is 0 Å². The third kappa shape index (κ3) is 13.7. The number of aliphatic carboxylic acids is 1. The van der Waals surface area contributed by atoms with Crippen LogP contribution < -0.4 is 0 Å². The Morgan fingerprint density at radius 1 is 0.789 bits per heavy atom. The Bertz CT molecular complexity index is 201. The predicted molar refractivity (Wildman–Crippen MR) is 82.5 cm³/mol. The third-order valence-corrected chi connectivity index (χ3v) is 3.91. The van der Waals surface area contributed by atoms with Gasteiger partial charge in [-0.05, 0) is 6.42 Å². The molecular weight excluding hydrogens is 236 g/mol. The molecule has 0 aromatic rings. The van der Waals surface area contributed by atoms with Crippen molar-refractivity contribution >= 4 is 5.97 Å². The van der Waals surface area contributed by atoms with E-state index in [-0.39, 0.29) is 5.92 Å². The van der Waals surface area contributed by atoms with Crippen molar-refractivity contribution in [2.75, 3.05) is 0 Å². The molecule has 0 radical (unpaired) electrons. The maximum absolute atomic E-state index is 10.6. The Labute approximate surface area is 120 Å². The third-order valence-electron chi connectivity index (χ3n) is 3.91. The fourth-order valence-electron chi connectivity index (χ4n) is 2.41. The Morgan fingerprint density at radius 2 is 1.16 bits per heavy atom. The summed E-state index contributed by atoms with van der Waals surface area (Å²) in [7, 11) is 0. The largest absolute Gasteiger partial charge is 0.481 e. The second-order valence-corrected chi connectivity index (χ2v) is 5.92. The summed E-state index contributed by atoms with van der Waals surface area (Å²) in [5, 5.41) is 8.76. The number of carboxylic acids is 1. The number of hydrogen-bond donors (Lipinski definition) is 1. The van der Waals surface area contributed by atoms with Gasteiger partial charge >= 0.3 is 5.97 Å². The molecule has 0 aliphatic carbocycles. The molecule has 1 atom stereocenters. The molecule has 0 aliphatic heterocycles. The van der Waals surface area contributed by atoms with Gasteiger partial charge in [0.05, 0.1) is 5.92 Å². The highest BCUT2D eigenvalue weighted by molar-refractivity contribution is 5.69. The fourth-order valence-corrected chi connectivity index (χ4v) is 2.41. The minimum absolute atomic E-state index is 0.164. The highest BCUT2D eigenvalue weighted by Gasteiger charge is 2.09. The number of carboxylic acid groups (broad SMARTS) is 1. The van der Waals surface area contributed by atoms with Crippen LogP contribution in [0.25, 0.3) is 0 Å². The predicted octanol–water partition coefficient (Wildman–Crippen LogP) is 5.80. The summed E-state index contributed by atoms with van der Waals surface area (Å²) in [6.07, 6.45) is 16.9. The average Bonchev–Trinajstić information content (AvgIpc) is 2.39. The minimum atomic E-state index is -0.650. The van der Waals surface area contributed by atoms with E-state index < -0.39 is 5.97 Å². The first-order chi connectivity index (χ1) is 9.18. The highest BCUT2D eigenvalue weighted by Crippen LogP contribution is 2.14. The lowest BCUT2D eigenvalue weighted by Gasteiger charge is -2.05. The number of unbranched alkanes of at least 4 members (excludes halogenated alkanes) is 11. The lowest BCUT2D eigenvalue weighted by molar-refractivity contribution is -0.141. The molecule has 2 nitrogen and oxygen atoms in total. The van der Waals surface area contributed by atoms with Gasteiger partial charge < -0.3 is 5.11 Å². The molecule has 0 aromatic carbocycles. The van der Waals surface area contributed by atoms with Crippen molar-refractivity contribution in [2.24, 2.45) is 5.92 Å². The first-order valence-electron chi connectivity index (χ1n) is 8.41. The van der Waals surface area contributed by atoms with Gasteiger partial charge in [0, 0.05) is 0 Å². The SMILES string of the molecule is CCCCCCCCCCCCCC[C@H](C)C(=O)O. The first-order valence-corrected chi connectivity index (χ1v) is 8.41. The molecule has 0 aromatic heterocycles. The molecule has 0 saturated carbocycles. The zero-order valence-electron chi connectivity index (χ0n) is 13.1. The van der Waals surface area contributed by atoms with E-state index >= 15 is 0 Å². The van der Waals surface area contributed by atoms with E-state index in [1.807, 2.05) is 0 Å². The molecule has 0 heterocycles. The van der Waals surface area contributed by atoms with Crippen LogP contribution in [0.15, 0.2) is 0 Å². The van der Waals surface area contributed by atoms with E-state index in [0.29, 0.717) is 0 Å². The molecule has 0 amide bonds. The van der Waals surface area contributed by atoms with Crippen LogP contribution in [0, 0.1) is 5.92 Å². The summed E-state index contributed by atoms with van der Waals surface area (Å²) in [4.78, 5) is 10.6. The molecular formula is C17H34O2. The van der Waals surface area contributed by atoms with Gasteiger partial charge in [-0.1, -0.05) is 90.9 Å². The van der Waals surface area contributed by atoms with Gasteiger partial charge in [0.25, 0.3) is 0 Å². The van der Waals surface area contributed by atoms with Crippen molar-refractivity contribution in [1.82, 2.24) is 0 Å². The fraction of sp³-hybridized carbons (Fsp3) is 0.941. The Morgan fingerprint density at radius 3 is 1.53 bits per heavy atom. The van der Waals surface area contributed by atoms with Crippen molar-refractivity contribution in [3.63, 3.8) is 0 Å². The molecule has 2 heteroatoms. The van der Waals surface area contributed by atoms with Crippen molar-refractivity contribution in [1.29, 1.82) is 0 Å². The smallest absolute Gasteiger partial charge is 0.306 e. The van der Waals surface area contributed by atoms with Crippen LogP contribution in [0.3, 0.4) is 0 Å². The van der Waals surface area contributed by atoms with Crippen LogP contribution in [-0.4, -0.2) is 11.1 Å². The van der Waals surface area contributed by atoms with E-state index in [1.165, 1.54) is 70.6 Å². The van der Waals surface area contributed by atoms with E-state index in [4.69, 9.17) is 5.11 Å². The van der Waals surface area contributed by atoms with Gasteiger partial charge in [0.1, 0.15) is 0 Å². The van der Waals surface area contributed by atoms with E-state index in [1.54, 1.807) is 6.92 Å². The van der Waals surface area contributed by atoms with Gasteiger partial charge in [0.2, 0.25) is 0 Å². The van der Waals surface area contributed by atoms with Gasteiger partial charge in [0.15, 0.2) is 0 Å². The van der Waals surface area contributed by atoms with Crippen LogP contribution in [0.2, 0.25) is 0 Å². The summed E-state index contributed by atoms with van der Waals surface area (Å²) in [6, 6.07) is 0. The number of carbonyl (C=O) groups is 1. The normalized spacial score (nSPS) is 12.5. The highest BCUT2D eigenvalue weighted by atomic mass is 16.4. The molecule has 0 unspecified atom stereocenters. The molecule has 114 valence electrons. The summed E-state index contributed by atoms with van der Waals surface area (Å²) in [5.74, 6) is -0.814. The van der Waals surface area contributed by atoms with Crippen molar-refractivity contribution in [2.45, 2.75) is 97.3 Å². The van der Waals surface area contributed by atoms with E-state index in [0.717, 1.165) is 12.8 Å². The van der Waals surface area contributed by atoms with Crippen LogP contribution in [-0.2, 0) is 4.79 Å². The molecule has 19 heavy (non-hydrogen) atoms. The van der Waals surface area contributed by atoms with Gasteiger partial charge in [-0.25, -0.2) is 0 Å². The lowest BCUT2D eigenvalue weighted by Crippen LogP contribution is -2.08. The van der Waals surface area contributed by atoms with Crippen LogP contribution >= 0.6 is 0 Å². The van der Waals surface area contributed by atoms with Crippen LogP contribution in [0.4, 0.5) is 0 Å². The minimum Gasteiger partial charge on any atom is -0.481 e. The number of hydrogen-bond acceptors (Lipinski definition) is 1. The number of rotatable bonds is 14. The quantitative estimate of drug-likeness (QED) is 0.405. The van der Waals surface area contributed by atoms with Crippen molar-refractivity contribution in [3.05, 3.63) is 0 Å². The molecule has 1 N–H and O–H groups in total. The molecule has 0 rings (SSSR count). The monoisotopic (exact) mass is 270 g/mol. The zero-order chi connectivity index (χ0) is 14.3. The standard InChI is InChI=1S/C17H34O2/c1-3-4-5-6-7-8-9-10-11-12-13-14-15-16(2)17(18)19/h16H,3-15H2,1-2H3,(H,18,19)/t16-/m0/s1. The maximum atomic E-state index is 10.6. The summed E-state index contributed by atoms with van der Waals surface area (Å²) in [5.41, 5.74) is 0. The van der Waals surface area contributed by atoms with Crippen LogP contribution in [0.1, 0.15) is 97.3 Å². The van der Waals surface area contributed by atoms with Crippen LogP contribution in [0.5, 0.6) is 0 Å². The van der Waals surface area contributed by atoms with Crippen molar-refractivity contribution < 1.29 is 9.90 Å². The second kappa shape index (κ2) is 13.9. The summed E-state index contributed by atoms with van der Waals surface area (Å²) >= 11 is 0. The summed E-state index contributed by atoms with van der Waals surface area (Å²) < 4.78 is 0. The van der Waals surface area contributed by atoms with E-state index in [9.17, 15) is 4.79 Å². The first kappa shape index (κ1) is 18.5. The second-order valence-electron chi connectivity index (χ2n) is 5.92. The molecule has 0 bridgehead atoms. The lowest BCUT2D eigenvalue weighted by atomic mass is 10.0. The molecule has 0 saturated heterocycles. The maximum Gasteiger partial charge on any atom is 0.306 e. The Balaban J connectivity index is 3.05.